The first-order valence-corrected chi connectivity index (χ1v) is 9.13. The monoisotopic (exact) mass is 372 g/mol. The van der Waals surface area contributed by atoms with E-state index in [0.717, 1.165) is 17.8 Å². The Hall–Kier alpha value is -2.90. The number of aromatic nitrogens is 2. The molecule has 1 fully saturated rings. The van der Waals surface area contributed by atoms with Gasteiger partial charge in [0.2, 0.25) is 11.8 Å². The molecule has 0 aromatic carbocycles. The van der Waals surface area contributed by atoms with Gasteiger partial charge in [-0.25, -0.2) is 4.98 Å². The maximum absolute atomic E-state index is 12.7. The van der Waals surface area contributed by atoms with Crippen molar-refractivity contribution >= 4 is 23.4 Å². The van der Waals surface area contributed by atoms with E-state index in [1.54, 1.807) is 4.90 Å². The first-order chi connectivity index (χ1) is 12.9. The molecule has 1 aliphatic heterocycles. The summed E-state index contributed by atoms with van der Waals surface area (Å²) in [7, 11) is 0. The summed E-state index contributed by atoms with van der Waals surface area (Å²) in [5, 5.41) is 9.03. The van der Waals surface area contributed by atoms with E-state index in [-0.39, 0.29) is 30.8 Å². The number of carbonyl (C=O) groups is 3. The van der Waals surface area contributed by atoms with E-state index >= 15 is 0 Å². The number of aliphatic carboxylic acids is 1. The summed E-state index contributed by atoms with van der Waals surface area (Å²) >= 11 is 0. The van der Waals surface area contributed by atoms with Gasteiger partial charge in [-0.3, -0.25) is 14.4 Å². The molecule has 1 aliphatic rings. The lowest BCUT2D eigenvalue weighted by molar-refractivity contribution is -0.145. The fraction of sp³-hybridized carbons (Fsp3) is 0.474. The van der Waals surface area contributed by atoms with E-state index in [4.69, 9.17) is 5.11 Å². The summed E-state index contributed by atoms with van der Waals surface area (Å²) in [6, 6.07) is 5.56. The predicted octanol–water partition coefficient (Wildman–Crippen LogP) is 1.19. The Kier molecular flexibility index (Phi) is 5.73. The van der Waals surface area contributed by atoms with Crippen LogP contribution in [0.3, 0.4) is 0 Å². The fourth-order valence-corrected chi connectivity index (χ4v) is 3.62. The number of nitrogens with zero attached hydrogens (tertiary/aromatic N) is 4. The van der Waals surface area contributed by atoms with Gasteiger partial charge >= 0.3 is 5.97 Å². The third-order valence-electron chi connectivity index (χ3n) is 4.95. The standard InChI is InChI=1S/C19H24N4O4/c1-14(24)23(13-19(26)27)16-5-4-9-21(10-7-16)18(25)11-15-12-22-8-3-2-6-17(22)20-15/h2-3,6,8,12,16H,4-5,7,9-11,13H2,1H3,(H,26,27)/t16-/m1/s1. The molecule has 1 N–H and O–H groups in total. The zero-order valence-electron chi connectivity index (χ0n) is 15.4. The molecule has 3 heterocycles. The Balaban J connectivity index is 1.62. The molecule has 27 heavy (non-hydrogen) atoms. The van der Waals surface area contributed by atoms with Gasteiger partial charge in [0.05, 0.1) is 12.1 Å². The highest BCUT2D eigenvalue weighted by atomic mass is 16.4. The second-order valence-electron chi connectivity index (χ2n) is 6.88. The van der Waals surface area contributed by atoms with Crippen LogP contribution in [-0.4, -0.2) is 67.8 Å². The van der Waals surface area contributed by atoms with Gasteiger partial charge in [-0.05, 0) is 31.4 Å². The first-order valence-electron chi connectivity index (χ1n) is 9.13. The quantitative estimate of drug-likeness (QED) is 0.851. The minimum Gasteiger partial charge on any atom is -0.480 e. The van der Waals surface area contributed by atoms with Crippen molar-refractivity contribution in [3.8, 4) is 0 Å². The fourth-order valence-electron chi connectivity index (χ4n) is 3.62. The summed E-state index contributed by atoms with van der Waals surface area (Å²) in [6.45, 7) is 2.22. The Morgan fingerprint density at radius 3 is 2.78 bits per heavy atom. The molecular formula is C19H24N4O4. The lowest BCUT2D eigenvalue weighted by Crippen LogP contribution is -2.43. The molecule has 144 valence electrons. The van der Waals surface area contributed by atoms with Gasteiger partial charge in [0.25, 0.3) is 0 Å². The number of carboxylic acid groups (broad SMARTS) is 1. The first kappa shape index (κ1) is 18.9. The minimum atomic E-state index is -1.02. The molecule has 8 nitrogen and oxygen atoms in total. The zero-order valence-corrected chi connectivity index (χ0v) is 15.4. The molecule has 0 aliphatic carbocycles. The average Bonchev–Trinajstić information content (AvgIpc) is 2.86. The van der Waals surface area contributed by atoms with E-state index in [0.29, 0.717) is 25.9 Å². The topological polar surface area (TPSA) is 95.2 Å². The van der Waals surface area contributed by atoms with Crippen molar-refractivity contribution in [1.82, 2.24) is 19.2 Å². The van der Waals surface area contributed by atoms with Crippen LogP contribution in [0.1, 0.15) is 31.9 Å². The van der Waals surface area contributed by atoms with Gasteiger partial charge in [0.15, 0.2) is 0 Å². The number of pyridine rings is 1. The van der Waals surface area contributed by atoms with Crippen LogP contribution in [-0.2, 0) is 20.8 Å². The third-order valence-corrected chi connectivity index (χ3v) is 4.95. The highest BCUT2D eigenvalue weighted by molar-refractivity contribution is 5.80. The number of carbonyl (C=O) groups excluding carboxylic acids is 2. The molecule has 0 bridgehead atoms. The van der Waals surface area contributed by atoms with E-state index in [1.807, 2.05) is 35.0 Å². The van der Waals surface area contributed by atoms with Crippen LogP contribution in [0.4, 0.5) is 0 Å². The number of rotatable bonds is 5. The molecule has 2 amide bonds. The van der Waals surface area contributed by atoms with Gasteiger partial charge in [0.1, 0.15) is 12.2 Å². The Labute approximate surface area is 157 Å². The van der Waals surface area contributed by atoms with Crippen LogP contribution in [0.15, 0.2) is 30.6 Å². The number of amides is 2. The number of fused-ring (bicyclic) bond motifs is 1. The summed E-state index contributed by atoms with van der Waals surface area (Å²) in [5.41, 5.74) is 1.53. The van der Waals surface area contributed by atoms with Crippen molar-refractivity contribution in [2.24, 2.45) is 0 Å². The Bertz CT molecular complexity index is 814. The van der Waals surface area contributed by atoms with Crippen LogP contribution in [0.25, 0.3) is 5.65 Å². The zero-order chi connectivity index (χ0) is 19.4. The van der Waals surface area contributed by atoms with Gasteiger partial charge < -0.3 is 19.3 Å². The second kappa shape index (κ2) is 8.20. The number of hydrogen-bond acceptors (Lipinski definition) is 4. The highest BCUT2D eigenvalue weighted by Crippen LogP contribution is 2.18. The van der Waals surface area contributed by atoms with Crippen LogP contribution >= 0.6 is 0 Å². The summed E-state index contributed by atoms with van der Waals surface area (Å²) < 4.78 is 1.89. The van der Waals surface area contributed by atoms with E-state index < -0.39 is 5.97 Å². The SMILES string of the molecule is CC(=O)N(CC(=O)O)[C@@H]1CCCN(C(=O)Cc2cn3ccccc3n2)CC1. The number of imidazole rings is 1. The lowest BCUT2D eigenvalue weighted by atomic mass is 10.1. The Morgan fingerprint density at radius 1 is 1.26 bits per heavy atom. The molecular weight excluding hydrogens is 348 g/mol. The largest absolute Gasteiger partial charge is 0.480 e. The normalized spacial score (nSPS) is 17.5. The number of hydrogen-bond donors (Lipinski definition) is 1. The van der Waals surface area contributed by atoms with Crippen molar-refractivity contribution in [3.63, 3.8) is 0 Å². The number of carboxylic acids is 1. The molecule has 1 atom stereocenters. The highest BCUT2D eigenvalue weighted by Gasteiger charge is 2.27. The third kappa shape index (κ3) is 4.64. The molecule has 2 aromatic rings. The van der Waals surface area contributed by atoms with Crippen LogP contribution < -0.4 is 0 Å². The van der Waals surface area contributed by atoms with Crippen molar-refractivity contribution in [3.05, 3.63) is 36.3 Å². The second-order valence-corrected chi connectivity index (χ2v) is 6.88. The molecule has 3 rings (SSSR count). The van der Waals surface area contributed by atoms with Gasteiger partial charge in [0, 0.05) is 38.4 Å². The molecule has 2 aromatic heterocycles. The smallest absolute Gasteiger partial charge is 0.323 e. The van der Waals surface area contributed by atoms with E-state index in [2.05, 4.69) is 4.98 Å². The van der Waals surface area contributed by atoms with Gasteiger partial charge in [-0.2, -0.15) is 0 Å². The van der Waals surface area contributed by atoms with Crippen molar-refractivity contribution in [2.45, 2.75) is 38.6 Å². The summed E-state index contributed by atoms with van der Waals surface area (Å²) in [6.07, 6.45) is 6.02. The molecule has 8 heteroatoms. The van der Waals surface area contributed by atoms with E-state index in [9.17, 15) is 14.4 Å². The van der Waals surface area contributed by atoms with Crippen LogP contribution in [0.5, 0.6) is 0 Å². The van der Waals surface area contributed by atoms with Gasteiger partial charge in [-0.15, -0.1) is 0 Å². The van der Waals surface area contributed by atoms with Crippen molar-refractivity contribution in [1.29, 1.82) is 0 Å². The summed E-state index contributed by atoms with van der Waals surface area (Å²) in [5.74, 6) is -1.26. The maximum Gasteiger partial charge on any atom is 0.323 e. The minimum absolute atomic E-state index is 0.00617. The lowest BCUT2D eigenvalue weighted by Gasteiger charge is -2.28. The van der Waals surface area contributed by atoms with Gasteiger partial charge in [-0.1, -0.05) is 6.07 Å². The van der Waals surface area contributed by atoms with Crippen LogP contribution in [0.2, 0.25) is 0 Å². The van der Waals surface area contributed by atoms with Crippen molar-refractivity contribution in [2.75, 3.05) is 19.6 Å². The molecule has 0 saturated carbocycles. The predicted molar refractivity (Wildman–Crippen MR) is 98.1 cm³/mol. The van der Waals surface area contributed by atoms with Crippen LogP contribution in [0, 0.1) is 0 Å². The molecule has 0 radical (unpaired) electrons. The molecule has 0 unspecified atom stereocenters. The average molecular weight is 372 g/mol. The maximum atomic E-state index is 12.7. The number of likely N-dealkylation sites (tertiary alicyclic amines) is 1. The molecule has 0 spiro atoms. The van der Waals surface area contributed by atoms with Crippen molar-refractivity contribution < 1.29 is 19.5 Å². The Morgan fingerprint density at radius 2 is 2.07 bits per heavy atom. The molecule has 1 saturated heterocycles. The summed E-state index contributed by atoms with van der Waals surface area (Å²) in [4.78, 5) is 43.2. The van der Waals surface area contributed by atoms with E-state index in [1.165, 1.54) is 11.8 Å².